The van der Waals surface area contributed by atoms with Crippen molar-refractivity contribution in [2.75, 3.05) is 19.7 Å². The maximum absolute atomic E-state index is 12.2. The van der Waals surface area contributed by atoms with Crippen molar-refractivity contribution in [2.45, 2.75) is 13.0 Å². The van der Waals surface area contributed by atoms with E-state index in [1.807, 2.05) is 36.1 Å². The van der Waals surface area contributed by atoms with Gasteiger partial charge in [0.15, 0.2) is 0 Å². The average Bonchev–Trinajstić information content (AvgIpc) is 2.29. The Morgan fingerprint density at radius 2 is 2.25 bits per heavy atom. The van der Waals surface area contributed by atoms with Crippen molar-refractivity contribution in [3.8, 4) is 0 Å². The van der Waals surface area contributed by atoms with E-state index in [1.54, 1.807) is 0 Å². The fourth-order valence-corrected chi connectivity index (χ4v) is 2.26. The van der Waals surface area contributed by atoms with Crippen molar-refractivity contribution in [1.82, 2.24) is 4.90 Å². The van der Waals surface area contributed by atoms with Crippen molar-refractivity contribution < 1.29 is 9.53 Å². The Morgan fingerprint density at radius 3 is 2.94 bits per heavy atom. The SMILES string of the molecule is CC1CN(C(=O)c2ccccc2Br)CCO1. The van der Waals surface area contributed by atoms with Gasteiger partial charge in [0.25, 0.3) is 5.91 Å². The number of amides is 1. The molecule has 1 amide bonds. The molecule has 0 saturated carbocycles. The van der Waals surface area contributed by atoms with Crippen molar-refractivity contribution in [3.63, 3.8) is 0 Å². The molecule has 1 heterocycles. The minimum Gasteiger partial charge on any atom is -0.375 e. The Bertz CT molecular complexity index is 394. The molecule has 0 aromatic heterocycles. The number of halogens is 1. The van der Waals surface area contributed by atoms with Crippen LogP contribution in [0.15, 0.2) is 28.7 Å². The average molecular weight is 284 g/mol. The second kappa shape index (κ2) is 4.97. The molecule has 0 bridgehead atoms. The lowest BCUT2D eigenvalue weighted by Crippen LogP contribution is -2.44. The molecule has 2 rings (SSSR count). The summed E-state index contributed by atoms with van der Waals surface area (Å²) in [5.41, 5.74) is 0.719. The molecule has 0 spiro atoms. The monoisotopic (exact) mass is 283 g/mol. The number of nitrogens with zero attached hydrogens (tertiary/aromatic N) is 1. The van der Waals surface area contributed by atoms with Gasteiger partial charge in [-0.15, -0.1) is 0 Å². The van der Waals surface area contributed by atoms with E-state index in [-0.39, 0.29) is 12.0 Å². The van der Waals surface area contributed by atoms with E-state index >= 15 is 0 Å². The Labute approximate surface area is 104 Å². The molecule has 1 unspecified atom stereocenters. The molecular weight excluding hydrogens is 270 g/mol. The van der Waals surface area contributed by atoms with Crippen LogP contribution in [0.5, 0.6) is 0 Å². The second-order valence-electron chi connectivity index (χ2n) is 3.91. The van der Waals surface area contributed by atoms with Crippen molar-refractivity contribution >= 4 is 21.8 Å². The van der Waals surface area contributed by atoms with Gasteiger partial charge >= 0.3 is 0 Å². The first kappa shape index (κ1) is 11.6. The van der Waals surface area contributed by atoms with Gasteiger partial charge in [-0.25, -0.2) is 0 Å². The van der Waals surface area contributed by atoms with Gasteiger partial charge in [-0.1, -0.05) is 12.1 Å². The first-order chi connectivity index (χ1) is 7.68. The third-order valence-corrected chi connectivity index (χ3v) is 3.32. The van der Waals surface area contributed by atoms with Crippen molar-refractivity contribution in [3.05, 3.63) is 34.3 Å². The van der Waals surface area contributed by atoms with Gasteiger partial charge in [-0.3, -0.25) is 4.79 Å². The topological polar surface area (TPSA) is 29.5 Å². The highest BCUT2D eigenvalue weighted by Crippen LogP contribution is 2.19. The van der Waals surface area contributed by atoms with Gasteiger partial charge in [-0.05, 0) is 35.0 Å². The smallest absolute Gasteiger partial charge is 0.255 e. The van der Waals surface area contributed by atoms with Crippen LogP contribution in [0.3, 0.4) is 0 Å². The lowest BCUT2D eigenvalue weighted by atomic mass is 10.2. The number of rotatable bonds is 1. The number of hydrogen-bond donors (Lipinski definition) is 0. The molecule has 1 aromatic rings. The van der Waals surface area contributed by atoms with E-state index in [0.717, 1.165) is 10.0 Å². The number of carbonyl (C=O) groups is 1. The highest BCUT2D eigenvalue weighted by Gasteiger charge is 2.23. The van der Waals surface area contributed by atoms with E-state index in [9.17, 15) is 4.79 Å². The maximum Gasteiger partial charge on any atom is 0.255 e. The van der Waals surface area contributed by atoms with Crippen LogP contribution in [0.1, 0.15) is 17.3 Å². The number of morpholine rings is 1. The van der Waals surface area contributed by atoms with Crippen molar-refractivity contribution in [2.24, 2.45) is 0 Å². The third kappa shape index (κ3) is 2.44. The highest BCUT2D eigenvalue weighted by atomic mass is 79.9. The van der Waals surface area contributed by atoms with Gasteiger partial charge < -0.3 is 9.64 Å². The minimum atomic E-state index is 0.0719. The molecule has 0 radical (unpaired) electrons. The van der Waals surface area contributed by atoms with E-state index in [1.165, 1.54) is 0 Å². The van der Waals surface area contributed by atoms with E-state index in [4.69, 9.17) is 4.74 Å². The molecule has 0 N–H and O–H groups in total. The fourth-order valence-electron chi connectivity index (χ4n) is 1.81. The molecule has 86 valence electrons. The van der Waals surface area contributed by atoms with Crippen LogP contribution in [-0.4, -0.2) is 36.6 Å². The zero-order valence-electron chi connectivity index (χ0n) is 9.15. The molecule has 1 saturated heterocycles. The molecule has 16 heavy (non-hydrogen) atoms. The Kier molecular flexibility index (Phi) is 3.61. The van der Waals surface area contributed by atoms with Gasteiger partial charge in [0.05, 0.1) is 18.3 Å². The van der Waals surface area contributed by atoms with Crippen LogP contribution in [0.25, 0.3) is 0 Å². The summed E-state index contributed by atoms with van der Waals surface area (Å²) >= 11 is 3.40. The normalized spacial score (nSPS) is 20.9. The first-order valence-corrected chi connectivity index (χ1v) is 6.13. The number of hydrogen-bond acceptors (Lipinski definition) is 2. The predicted molar refractivity (Wildman–Crippen MR) is 65.5 cm³/mol. The van der Waals surface area contributed by atoms with Crippen LogP contribution in [0.2, 0.25) is 0 Å². The standard InChI is InChI=1S/C12H14BrNO2/c1-9-8-14(6-7-16-9)12(15)10-4-2-3-5-11(10)13/h2-5,9H,6-8H2,1H3. The Balaban J connectivity index is 2.16. The quantitative estimate of drug-likeness (QED) is 0.792. The van der Waals surface area contributed by atoms with Crippen LogP contribution in [0, 0.1) is 0 Å². The zero-order chi connectivity index (χ0) is 11.5. The van der Waals surface area contributed by atoms with Crippen LogP contribution in [-0.2, 0) is 4.74 Å². The maximum atomic E-state index is 12.2. The summed E-state index contributed by atoms with van der Waals surface area (Å²) in [6.07, 6.45) is 0.125. The van der Waals surface area contributed by atoms with Crippen molar-refractivity contribution in [1.29, 1.82) is 0 Å². The summed E-state index contributed by atoms with van der Waals surface area (Å²) in [6, 6.07) is 7.51. The summed E-state index contributed by atoms with van der Waals surface area (Å²) in [5, 5.41) is 0. The molecule has 1 aliphatic heterocycles. The number of carbonyl (C=O) groups excluding carboxylic acids is 1. The summed E-state index contributed by atoms with van der Waals surface area (Å²) in [4.78, 5) is 14.0. The molecule has 1 aliphatic rings. The molecule has 4 heteroatoms. The Hall–Kier alpha value is -0.870. The second-order valence-corrected chi connectivity index (χ2v) is 4.77. The molecule has 3 nitrogen and oxygen atoms in total. The lowest BCUT2D eigenvalue weighted by molar-refractivity contribution is -0.0124. The summed E-state index contributed by atoms with van der Waals surface area (Å²) in [7, 11) is 0. The zero-order valence-corrected chi connectivity index (χ0v) is 10.7. The Morgan fingerprint density at radius 1 is 1.50 bits per heavy atom. The minimum absolute atomic E-state index is 0.0719. The number of benzene rings is 1. The largest absolute Gasteiger partial charge is 0.375 e. The van der Waals surface area contributed by atoms with E-state index in [2.05, 4.69) is 15.9 Å². The predicted octanol–water partition coefficient (Wildman–Crippen LogP) is 2.31. The fraction of sp³-hybridized carbons (Fsp3) is 0.417. The van der Waals surface area contributed by atoms with Crippen LogP contribution in [0.4, 0.5) is 0 Å². The molecule has 1 fully saturated rings. The van der Waals surface area contributed by atoms with E-state index < -0.39 is 0 Å². The molecule has 1 aromatic carbocycles. The summed E-state index contributed by atoms with van der Waals surface area (Å²) < 4.78 is 6.27. The molecule has 1 atom stereocenters. The summed E-state index contributed by atoms with van der Waals surface area (Å²) in [5.74, 6) is 0.0719. The van der Waals surface area contributed by atoms with Crippen LogP contribution < -0.4 is 0 Å². The van der Waals surface area contributed by atoms with Gasteiger partial charge in [0, 0.05) is 17.6 Å². The third-order valence-electron chi connectivity index (χ3n) is 2.63. The molecular formula is C12H14BrNO2. The first-order valence-electron chi connectivity index (χ1n) is 5.34. The van der Waals surface area contributed by atoms with E-state index in [0.29, 0.717) is 19.7 Å². The highest BCUT2D eigenvalue weighted by molar-refractivity contribution is 9.10. The number of ether oxygens (including phenoxy) is 1. The molecule has 0 aliphatic carbocycles. The van der Waals surface area contributed by atoms with Crippen LogP contribution >= 0.6 is 15.9 Å². The van der Waals surface area contributed by atoms with Gasteiger partial charge in [0.1, 0.15) is 0 Å². The summed E-state index contributed by atoms with van der Waals surface area (Å²) in [6.45, 7) is 3.95. The van der Waals surface area contributed by atoms with Gasteiger partial charge in [-0.2, -0.15) is 0 Å². The van der Waals surface area contributed by atoms with Gasteiger partial charge in [0.2, 0.25) is 0 Å². The lowest BCUT2D eigenvalue weighted by Gasteiger charge is -2.31.